The molecule has 0 saturated carbocycles. The number of carbonyl (C=O) groups excluding carboxylic acids is 1. The summed E-state index contributed by atoms with van der Waals surface area (Å²) in [5.41, 5.74) is 4.81. The molecule has 3 N–H and O–H groups in total. The molecule has 1 heterocycles. The van der Waals surface area contributed by atoms with E-state index >= 15 is 0 Å². The Hall–Kier alpha value is -3.03. The number of carbonyl (C=O) groups is 1. The van der Waals surface area contributed by atoms with Gasteiger partial charge in [0.15, 0.2) is 11.8 Å². The van der Waals surface area contributed by atoms with Gasteiger partial charge in [-0.1, -0.05) is 31.5 Å². The number of aromatic nitrogens is 2. The molecule has 0 unspecified atom stereocenters. The number of nitrogens with one attached hydrogen (secondary N) is 1. The summed E-state index contributed by atoms with van der Waals surface area (Å²) in [7, 11) is 0. The van der Waals surface area contributed by atoms with Crippen molar-refractivity contribution in [3.05, 3.63) is 51.2 Å². The average molecular weight is 374 g/mol. The van der Waals surface area contributed by atoms with Crippen LogP contribution >= 0.6 is 0 Å². The minimum absolute atomic E-state index is 0.0145. The van der Waals surface area contributed by atoms with E-state index in [9.17, 15) is 14.4 Å². The van der Waals surface area contributed by atoms with E-state index in [1.165, 1.54) is 9.47 Å². The summed E-state index contributed by atoms with van der Waals surface area (Å²) in [6, 6.07) is 8.93. The minimum Gasteiger partial charge on any atom is -0.481 e. The normalized spacial score (nSPS) is 11.8. The predicted octanol–water partition coefficient (Wildman–Crippen LogP) is 1.74. The SMILES string of the molecule is CCCCn1c(N)c(N(CC)C(=O)[C@H](C)Oc2ccccc2)c(=O)[nH]c1=O. The van der Waals surface area contributed by atoms with Crippen LogP contribution in [-0.4, -0.2) is 28.1 Å². The van der Waals surface area contributed by atoms with E-state index in [1.807, 2.05) is 13.0 Å². The number of nitrogens with zero attached hydrogens (tertiary/aromatic N) is 2. The van der Waals surface area contributed by atoms with E-state index in [0.29, 0.717) is 12.3 Å². The third kappa shape index (κ3) is 4.58. The van der Waals surface area contributed by atoms with Crippen molar-refractivity contribution in [2.24, 2.45) is 0 Å². The first kappa shape index (κ1) is 20.3. The number of hydrogen-bond acceptors (Lipinski definition) is 5. The number of unbranched alkanes of at least 4 members (excludes halogenated alkanes) is 1. The Morgan fingerprint density at radius 3 is 2.52 bits per heavy atom. The van der Waals surface area contributed by atoms with E-state index in [0.717, 1.165) is 12.8 Å². The highest BCUT2D eigenvalue weighted by molar-refractivity contribution is 5.98. The minimum atomic E-state index is -0.831. The van der Waals surface area contributed by atoms with Crippen molar-refractivity contribution in [3.63, 3.8) is 0 Å². The molecule has 0 fully saturated rings. The molecule has 1 amide bonds. The summed E-state index contributed by atoms with van der Waals surface area (Å²) in [6.07, 6.45) is 0.754. The Morgan fingerprint density at radius 2 is 1.93 bits per heavy atom. The Balaban J connectivity index is 2.37. The van der Waals surface area contributed by atoms with Crippen LogP contribution in [0.3, 0.4) is 0 Å². The number of hydrogen-bond donors (Lipinski definition) is 2. The van der Waals surface area contributed by atoms with Gasteiger partial charge in [0.05, 0.1) is 0 Å². The molecule has 2 aromatic rings. The van der Waals surface area contributed by atoms with Crippen molar-refractivity contribution in [2.45, 2.75) is 46.3 Å². The van der Waals surface area contributed by atoms with Gasteiger partial charge in [-0.25, -0.2) is 4.79 Å². The third-order valence-electron chi connectivity index (χ3n) is 4.21. The van der Waals surface area contributed by atoms with Gasteiger partial charge in [0.25, 0.3) is 11.5 Å². The molecule has 0 aliphatic heterocycles. The molecule has 0 radical (unpaired) electrons. The number of likely N-dealkylation sites (N-methyl/N-ethyl adjacent to an activating group) is 1. The highest BCUT2D eigenvalue weighted by Crippen LogP contribution is 2.19. The van der Waals surface area contributed by atoms with Gasteiger partial charge in [0.1, 0.15) is 11.6 Å². The summed E-state index contributed by atoms with van der Waals surface area (Å²) in [5.74, 6) is 0.114. The standard InChI is InChI=1S/C19H26N4O4/c1-4-6-12-23-16(20)15(17(24)21-19(23)26)22(5-2)18(25)13(3)27-14-10-8-7-9-11-14/h7-11,13H,4-6,12,20H2,1-3H3,(H,21,24,26)/t13-/m0/s1. The number of aromatic amines is 1. The number of para-hydroxylation sites is 1. The summed E-state index contributed by atoms with van der Waals surface area (Å²) in [6.45, 7) is 5.90. The second kappa shape index (κ2) is 9.07. The lowest BCUT2D eigenvalue weighted by Gasteiger charge is -2.26. The van der Waals surface area contributed by atoms with Crippen LogP contribution in [0, 0.1) is 0 Å². The third-order valence-corrected chi connectivity index (χ3v) is 4.21. The van der Waals surface area contributed by atoms with Crippen LogP contribution in [0.5, 0.6) is 5.75 Å². The van der Waals surface area contributed by atoms with Crippen LogP contribution in [0.4, 0.5) is 11.5 Å². The van der Waals surface area contributed by atoms with Crippen LogP contribution in [0.1, 0.15) is 33.6 Å². The molecule has 1 aromatic carbocycles. The van der Waals surface area contributed by atoms with Crippen molar-refractivity contribution >= 4 is 17.4 Å². The van der Waals surface area contributed by atoms with Gasteiger partial charge < -0.3 is 15.4 Å². The van der Waals surface area contributed by atoms with E-state index in [1.54, 1.807) is 38.1 Å². The molecule has 0 aliphatic rings. The molecule has 0 spiro atoms. The highest BCUT2D eigenvalue weighted by Gasteiger charge is 2.27. The van der Waals surface area contributed by atoms with Crippen LogP contribution in [0.25, 0.3) is 0 Å². The number of benzene rings is 1. The van der Waals surface area contributed by atoms with E-state index in [2.05, 4.69) is 4.98 Å². The van der Waals surface area contributed by atoms with Gasteiger partial charge in [0.2, 0.25) is 0 Å². The van der Waals surface area contributed by atoms with Crippen LogP contribution < -0.4 is 26.6 Å². The summed E-state index contributed by atoms with van der Waals surface area (Å²) in [5, 5.41) is 0. The first-order valence-electron chi connectivity index (χ1n) is 9.06. The lowest BCUT2D eigenvalue weighted by atomic mass is 10.2. The summed E-state index contributed by atoms with van der Waals surface area (Å²) >= 11 is 0. The van der Waals surface area contributed by atoms with Crippen molar-refractivity contribution in [2.75, 3.05) is 17.2 Å². The largest absolute Gasteiger partial charge is 0.481 e. The van der Waals surface area contributed by atoms with Crippen LogP contribution in [0.2, 0.25) is 0 Å². The quantitative estimate of drug-likeness (QED) is 0.731. The molecule has 1 atom stereocenters. The number of H-pyrrole nitrogens is 1. The molecular formula is C19H26N4O4. The monoisotopic (exact) mass is 374 g/mol. The Bertz CT molecular complexity index is 889. The fourth-order valence-electron chi connectivity index (χ4n) is 2.77. The lowest BCUT2D eigenvalue weighted by molar-refractivity contribution is -0.124. The topological polar surface area (TPSA) is 110 Å². The highest BCUT2D eigenvalue weighted by atomic mass is 16.5. The number of anilines is 2. The van der Waals surface area contributed by atoms with Crippen molar-refractivity contribution < 1.29 is 9.53 Å². The van der Waals surface area contributed by atoms with Crippen LogP contribution in [-0.2, 0) is 11.3 Å². The second-order valence-corrected chi connectivity index (χ2v) is 6.15. The smallest absolute Gasteiger partial charge is 0.330 e. The van der Waals surface area contributed by atoms with Crippen molar-refractivity contribution in [3.8, 4) is 5.75 Å². The van der Waals surface area contributed by atoms with Gasteiger partial charge >= 0.3 is 5.69 Å². The zero-order valence-corrected chi connectivity index (χ0v) is 15.9. The molecule has 2 rings (SSSR count). The van der Waals surface area contributed by atoms with Gasteiger partial charge in [-0.3, -0.25) is 19.1 Å². The van der Waals surface area contributed by atoms with Gasteiger partial charge in [-0.15, -0.1) is 0 Å². The van der Waals surface area contributed by atoms with E-state index in [-0.39, 0.29) is 18.1 Å². The molecule has 8 nitrogen and oxygen atoms in total. The average Bonchev–Trinajstić information content (AvgIpc) is 2.65. The zero-order chi connectivity index (χ0) is 20.0. The van der Waals surface area contributed by atoms with E-state index < -0.39 is 23.3 Å². The van der Waals surface area contributed by atoms with Crippen molar-refractivity contribution in [1.82, 2.24) is 9.55 Å². The maximum atomic E-state index is 12.9. The maximum Gasteiger partial charge on any atom is 0.330 e. The second-order valence-electron chi connectivity index (χ2n) is 6.15. The van der Waals surface area contributed by atoms with Gasteiger partial charge in [-0.2, -0.15) is 0 Å². The van der Waals surface area contributed by atoms with Crippen LogP contribution in [0.15, 0.2) is 39.9 Å². The molecule has 27 heavy (non-hydrogen) atoms. The first-order valence-corrected chi connectivity index (χ1v) is 9.06. The predicted molar refractivity (Wildman–Crippen MR) is 105 cm³/mol. The molecule has 146 valence electrons. The number of nitrogen functional groups attached to an aromatic ring is 1. The fourth-order valence-corrected chi connectivity index (χ4v) is 2.77. The lowest BCUT2D eigenvalue weighted by Crippen LogP contribution is -2.45. The van der Waals surface area contributed by atoms with Gasteiger partial charge in [0, 0.05) is 13.1 Å². The number of amides is 1. The number of nitrogens with two attached hydrogens (primary N) is 1. The Kier molecular flexibility index (Phi) is 6.81. The molecule has 8 heteroatoms. The summed E-state index contributed by atoms with van der Waals surface area (Å²) < 4.78 is 6.96. The summed E-state index contributed by atoms with van der Waals surface area (Å²) in [4.78, 5) is 40.9. The molecular weight excluding hydrogens is 348 g/mol. The Morgan fingerprint density at radius 1 is 1.26 bits per heavy atom. The molecule has 0 bridgehead atoms. The van der Waals surface area contributed by atoms with Gasteiger partial charge in [-0.05, 0) is 32.4 Å². The Labute approximate surface area is 157 Å². The molecule has 0 aliphatic carbocycles. The number of rotatable bonds is 8. The molecule has 0 saturated heterocycles. The number of ether oxygens (including phenoxy) is 1. The zero-order valence-electron chi connectivity index (χ0n) is 15.9. The first-order chi connectivity index (χ1) is 12.9. The molecule has 1 aromatic heterocycles. The van der Waals surface area contributed by atoms with Crippen molar-refractivity contribution in [1.29, 1.82) is 0 Å². The fraction of sp³-hybridized carbons (Fsp3) is 0.421. The maximum absolute atomic E-state index is 12.9. The van der Waals surface area contributed by atoms with E-state index in [4.69, 9.17) is 10.5 Å².